The summed E-state index contributed by atoms with van der Waals surface area (Å²) in [5, 5.41) is 21.5. The molecule has 0 unspecified atom stereocenters. The molecule has 8 nitrogen and oxygen atoms in total. The van der Waals surface area contributed by atoms with E-state index >= 15 is 0 Å². The SMILES string of the molecule is N#Cc1cc(N2CCN(C(=O)c3cccc(Cl)c3)CC2)nc2ccc([N+](=O)[O-])cc12. The van der Waals surface area contributed by atoms with Crippen molar-refractivity contribution in [1.82, 2.24) is 9.88 Å². The maximum absolute atomic E-state index is 12.7. The zero-order valence-corrected chi connectivity index (χ0v) is 16.5. The monoisotopic (exact) mass is 421 g/mol. The molecule has 0 radical (unpaired) electrons. The number of halogens is 1. The number of aromatic nitrogens is 1. The van der Waals surface area contributed by atoms with E-state index < -0.39 is 4.92 Å². The van der Waals surface area contributed by atoms with Gasteiger partial charge in [-0.3, -0.25) is 14.9 Å². The molecular formula is C21H16ClN5O3. The number of nitro benzene ring substituents is 1. The minimum atomic E-state index is -0.495. The van der Waals surface area contributed by atoms with Crippen molar-refractivity contribution in [1.29, 1.82) is 5.26 Å². The molecule has 2 aromatic carbocycles. The molecule has 0 aliphatic carbocycles. The third kappa shape index (κ3) is 3.75. The smallest absolute Gasteiger partial charge is 0.270 e. The van der Waals surface area contributed by atoms with Gasteiger partial charge < -0.3 is 9.80 Å². The van der Waals surface area contributed by atoms with E-state index in [1.54, 1.807) is 41.3 Å². The van der Waals surface area contributed by atoms with Gasteiger partial charge in [0.15, 0.2) is 0 Å². The van der Waals surface area contributed by atoms with E-state index in [4.69, 9.17) is 11.6 Å². The van der Waals surface area contributed by atoms with Crippen LogP contribution in [0.1, 0.15) is 15.9 Å². The maximum atomic E-state index is 12.7. The van der Waals surface area contributed by atoms with Gasteiger partial charge >= 0.3 is 0 Å². The quantitative estimate of drug-likeness (QED) is 0.472. The first-order valence-corrected chi connectivity index (χ1v) is 9.63. The number of rotatable bonds is 3. The Kier molecular flexibility index (Phi) is 5.21. The van der Waals surface area contributed by atoms with Crippen molar-refractivity contribution >= 4 is 39.9 Å². The van der Waals surface area contributed by atoms with E-state index in [9.17, 15) is 20.2 Å². The average Bonchev–Trinajstić information content (AvgIpc) is 2.77. The number of amides is 1. The van der Waals surface area contributed by atoms with E-state index in [0.717, 1.165) is 0 Å². The second-order valence-corrected chi connectivity index (χ2v) is 7.32. The van der Waals surface area contributed by atoms with Gasteiger partial charge in [0.25, 0.3) is 11.6 Å². The fraction of sp³-hybridized carbons (Fsp3) is 0.190. The topological polar surface area (TPSA) is 103 Å². The molecule has 4 rings (SSSR count). The van der Waals surface area contributed by atoms with Gasteiger partial charge in [-0.15, -0.1) is 0 Å². The van der Waals surface area contributed by atoms with Gasteiger partial charge in [0.1, 0.15) is 5.82 Å². The third-order valence-corrected chi connectivity index (χ3v) is 5.31. The Balaban J connectivity index is 1.54. The third-order valence-electron chi connectivity index (χ3n) is 5.07. The first-order valence-electron chi connectivity index (χ1n) is 9.25. The Morgan fingerprint density at radius 1 is 1.13 bits per heavy atom. The molecular weight excluding hydrogens is 406 g/mol. The first-order chi connectivity index (χ1) is 14.5. The van der Waals surface area contributed by atoms with Crippen LogP contribution in [0.5, 0.6) is 0 Å². The number of non-ortho nitro benzene ring substituents is 1. The number of nitrogens with zero attached hydrogens (tertiary/aromatic N) is 5. The summed E-state index contributed by atoms with van der Waals surface area (Å²) in [7, 11) is 0. The molecule has 9 heteroatoms. The summed E-state index contributed by atoms with van der Waals surface area (Å²) in [6, 6.07) is 14.9. The highest BCUT2D eigenvalue weighted by Gasteiger charge is 2.24. The molecule has 1 saturated heterocycles. The van der Waals surface area contributed by atoms with Gasteiger partial charge in [0.2, 0.25) is 0 Å². The lowest BCUT2D eigenvalue weighted by Crippen LogP contribution is -2.49. The van der Waals surface area contributed by atoms with E-state index in [2.05, 4.69) is 11.1 Å². The number of fused-ring (bicyclic) bond motifs is 1. The van der Waals surface area contributed by atoms with Crippen molar-refractivity contribution in [2.24, 2.45) is 0 Å². The van der Waals surface area contributed by atoms with Gasteiger partial charge in [-0.05, 0) is 30.3 Å². The van der Waals surface area contributed by atoms with Crippen LogP contribution in [-0.2, 0) is 0 Å². The van der Waals surface area contributed by atoms with E-state index in [1.165, 1.54) is 12.1 Å². The second kappa shape index (κ2) is 7.97. The van der Waals surface area contributed by atoms with Gasteiger partial charge in [-0.2, -0.15) is 5.26 Å². The number of hydrogen-bond donors (Lipinski definition) is 0. The summed E-state index contributed by atoms with van der Waals surface area (Å²) >= 11 is 5.98. The number of pyridine rings is 1. The number of anilines is 1. The summed E-state index contributed by atoms with van der Waals surface area (Å²) in [6.45, 7) is 2.13. The lowest BCUT2D eigenvalue weighted by atomic mass is 10.1. The lowest BCUT2D eigenvalue weighted by molar-refractivity contribution is -0.384. The minimum absolute atomic E-state index is 0.0753. The standard InChI is InChI=1S/C21H16ClN5O3/c22-16-3-1-2-14(10-16)21(28)26-8-6-25(7-9-26)20-11-15(13-23)18-12-17(27(29)30)4-5-19(18)24-20/h1-5,10-12H,6-9H2. The summed E-state index contributed by atoms with van der Waals surface area (Å²) in [6.07, 6.45) is 0. The molecule has 0 atom stereocenters. The van der Waals surface area contributed by atoms with Crippen LogP contribution in [0.3, 0.4) is 0 Å². The van der Waals surface area contributed by atoms with Crippen molar-refractivity contribution < 1.29 is 9.72 Å². The van der Waals surface area contributed by atoms with Crippen molar-refractivity contribution in [2.45, 2.75) is 0 Å². The number of carbonyl (C=O) groups excluding carboxylic acids is 1. The molecule has 1 aliphatic rings. The summed E-state index contributed by atoms with van der Waals surface area (Å²) in [5.41, 5.74) is 1.32. The molecule has 0 saturated carbocycles. The summed E-state index contributed by atoms with van der Waals surface area (Å²) < 4.78 is 0. The van der Waals surface area contributed by atoms with Crippen LogP contribution in [0.25, 0.3) is 10.9 Å². The average molecular weight is 422 g/mol. The van der Waals surface area contributed by atoms with E-state index in [0.29, 0.717) is 59.0 Å². The first kappa shape index (κ1) is 19.6. The Labute approximate surface area is 177 Å². The van der Waals surface area contributed by atoms with Gasteiger partial charge in [0.05, 0.1) is 22.1 Å². The molecule has 150 valence electrons. The molecule has 0 N–H and O–H groups in total. The van der Waals surface area contributed by atoms with Gasteiger partial charge in [0, 0.05) is 54.3 Å². The number of benzene rings is 2. The Morgan fingerprint density at radius 2 is 1.90 bits per heavy atom. The molecule has 30 heavy (non-hydrogen) atoms. The highest BCUT2D eigenvalue weighted by molar-refractivity contribution is 6.30. The highest BCUT2D eigenvalue weighted by atomic mass is 35.5. The zero-order chi connectivity index (χ0) is 21.3. The molecule has 3 aromatic rings. The molecule has 0 bridgehead atoms. The number of hydrogen-bond acceptors (Lipinski definition) is 6. The highest BCUT2D eigenvalue weighted by Crippen LogP contribution is 2.27. The van der Waals surface area contributed by atoms with Gasteiger partial charge in [-0.25, -0.2) is 4.98 Å². The fourth-order valence-corrected chi connectivity index (χ4v) is 3.70. The minimum Gasteiger partial charge on any atom is -0.353 e. The van der Waals surface area contributed by atoms with Crippen molar-refractivity contribution in [3.8, 4) is 6.07 Å². The number of piperazine rings is 1. The molecule has 1 amide bonds. The van der Waals surface area contributed by atoms with Gasteiger partial charge in [-0.1, -0.05) is 17.7 Å². The Bertz CT molecular complexity index is 1200. The number of nitriles is 1. The molecule has 1 aliphatic heterocycles. The number of carbonyl (C=O) groups is 1. The van der Waals surface area contributed by atoms with E-state index in [-0.39, 0.29) is 11.6 Å². The van der Waals surface area contributed by atoms with Crippen LogP contribution in [0.4, 0.5) is 11.5 Å². The van der Waals surface area contributed by atoms with Crippen LogP contribution < -0.4 is 4.90 Å². The van der Waals surface area contributed by atoms with Crippen LogP contribution >= 0.6 is 11.6 Å². The Hall–Kier alpha value is -3.70. The predicted octanol–water partition coefficient (Wildman–Crippen LogP) is 3.63. The largest absolute Gasteiger partial charge is 0.353 e. The fourth-order valence-electron chi connectivity index (χ4n) is 3.51. The van der Waals surface area contributed by atoms with Crippen LogP contribution in [0.15, 0.2) is 48.5 Å². The normalized spacial score (nSPS) is 13.9. The zero-order valence-electron chi connectivity index (χ0n) is 15.8. The lowest BCUT2D eigenvalue weighted by Gasteiger charge is -2.35. The summed E-state index contributed by atoms with van der Waals surface area (Å²) in [5.74, 6) is 0.538. The van der Waals surface area contributed by atoms with Crippen LogP contribution in [0.2, 0.25) is 5.02 Å². The molecule has 1 fully saturated rings. The van der Waals surface area contributed by atoms with E-state index in [1.807, 2.05) is 4.90 Å². The maximum Gasteiger partial charge on any atom is 0.270 e. The molecule has 2 heterocycles. The predicted molar refractivity (Wildman–Crippen MR) is 113 cm³/mol. The van der Waals surface area contributed by atoms with Crippen molar-refractivity contribution in [3.05, 3.63) is 74.8 Å². The molecule has 1 aromatic heterocycles. The molecule has 0 spiro atoms. The second-order valence-electron chi connectivity index (χ2n) is 6.89. The van der Waals surface area contributed by atoms with Crippen LogP contribution in [-0.4, -0.2) is 46.9 Å². The number of nitro groups is 1. The van der Waals surface area contributed by atoms with Crippen molar-refractivity contribution in [2.75, 3.05) is 31.1 Å². The van der Waals surface area contributed by atoms with Crippen molar-refractivity contribution in [3.63, 3.8) is 0 Å². The Morgan fingerprint density at radius 3 is 2.57 bits per heavy atom. The summed E-state index contributed by atoms with van der Waals surface area (Å²) in [4.78, 5) is 31.6. The van der Waals surface area contributed by atoms with Crippen LogP contribution in [0, 0.1) is 21.4 Å².